The quantitative estimate of drug-likeness (QED) is 0.487. The van der Waals surface area contributed by atoms with Crippen molar-refractivity contribution in [1.82, 2.24) is 10.3 Å². The Morgan fingerprint density at radius 2 is 2.30 bits per heavy atom. The van der Waals surface area contributed by atoms with Gasteiger partial charge in [-0.05, 0) is 31.0 Å². The Morgan fingerprint density at radius 1 is 1.50 bits per heavy atom. The number of furan rings is 1. The number of hydrazine groups is 1. The van der Waals surface area contributed by atoms with Crippen molar-refractivity contribution in [3.63, 3.8) is 0 Å². The van der Waals surface area contributed by atoms with E-state index >= 15 is 0 Å². The number of thiophene rings is 1. The maximum Gasteiger partial charge on any atom is 0.300 e. The molecule has 2 heterocycles. The first-order chi connectivity index (χ1) is 9.63. The summed E-state index contributed by atoms with van der Waals surface area (Å²) in [5.41, 5.74) is 3.10. The molecule has 0 saturated carbocycles. The molecule has 3 N–H and O–H groups in total. The maximum absolute atomic E-state index is 11.4. The number of rotatable bonds is 6. The molecule has 0 spiro atoms. The summed E-state index contributed by atoms with van der Waals surface area (Å²) in [6.07, 6.45) is 0. The number of aryl methyl sites for hydroxylation is 1. The van der Waals surface area contributed by atoms with Crippen LogP contribution in [0.15, 0.2) is 28.0 Å². The Morgan fingerprint density at radius 3 is 2.90 bits per heavy atom. The van der Waals surface area contributed by atoms with Gasteiger partial charge in [0.25, 0.3) is 0 Å². The summed E-state index contributed by atoms with van der Waals surface area (Å²) in [4.78, 5) is 15.1. The van der Waals surface area contributed by atoms with Crippen LogP contribution in [-0.2, 0) is 13.1 Å². The van der Waals surface area contributed by atoms with Crippen LogP contribution in [0.2, 0.25) is 0 Å². The van der Waals surface area contributed by atoms with Gasteiger partial charge in [-0.25, -0.2) is 5.84 Å². The zero-order chi connectivity index (χ0) is 14.5. The van der Waals surface area contributed by atoms with Gasteiger partial charge in [0.05, 0.1) is 0 Å². The van der Waals surface area contributed by atoms with E-state index in [0.717, 1.165) is 31.0 Å². The van der Waals surface area contributed by atoms with Gasteiger partial charge in [0, 0.05) is 23.5 Å². The molecular formula is C14H19N3O2S. The number of nitrogens with two attached hydrogens (primary N) is 1. The van der Waals surface area contributed by atoms with Crippen molar-refractivity contribution in [2.24, 2.45) is 5.84 Å². The monoisotopic (exact) mass is 293 g/mol. The van der Waals surface area contributed by atoms with E-state index in [1.165, 1.54) is 4.88 Å². The molecule has 1 amide bonds. The first-order valence-electron chi connectivity index (χ1n) is 6.49. The molecule has 0 saturated heterocycles. The van der Waals surface area contributed by atoms with Gasteiger partial charge < -0.3 is 4.42 Å². The molecule has 108 valence electrons. The van der Waals surface area contributed by atoms with Crippen LogP contribution in [0.5, 0.6) is 0 Å². The normalized spacial score (nSPS) is 11.0. The van der Waals surface area contributed by atoms with Crippen molar-refractivity contribution in [2.75, 3.05) is 6.54 Å². The van der Waals surface area contributed by atoms with Crippen molar-refractivity contribution in [2.45, 2.75) is 26.9 Å². The predicted octanol–water partition coefficient (Wildman–Crippen LogP) is 2.28. The van der Waals surface area contributed by atoms with E-state index < -0.39 is 5.91 Å². The summed E-state index contributed by atoms with van der Waals surface area (Å²) < 4.78 is 5.43. The van der Waals surface area contributed by atoms with Crippen molar-refractivity contribution < 1.29 is 9.21 Å². The number of carbonyl (C=O) groups is 1. The van der Waals surface area contributed by atoms with Crippen LogP contribution in [0.25, 0.3) is 0 Å². The zero-order valence-electron chi connectivity index (χ0n) is 11.7. The topological polar surface area (TPSA) is 71.5 Å². The summed E-state index contributed by atoms with van der Waals surface area (Å²) in [7, 11) is 0. The molecule has 0 aliphatic rings. The Kier molecular flexibility index (Phi) is 4.94. The molecule has 0 radical (unpaired) electrons. The second-order valence-electron chi connectivity index (χ2n) is 4.55. The van der Waals surface area contributed by atoms with Gasteiger partial charge in [-0.1, -0.05) is 13.0 Å². The van der Waals surface area contributed by atoms with E-state index in [2.05, 4.69) is 34.8 Å². The van der Waals surface area contributed by atoms with Gasteiger partial charge in [0.15, 0.2) is 5.76 Å². The number of nitrogens with one attached hydrogen (secondary N) is 1. The summed E-state index contributed by atoms with van der Waals surface area (Å²) in [6, 6.07) is 5.94. The lowest BCUT2D eigenvalue weighted by molar-refractivity contribution is 0.0924. The van der Waals surface area contributed by atoms with Crippen LogP contribution in [-0.4, -0.2) is 17.4 Å². The molecule has 0 aliphatic heterocycles. The molecule has 6 heteroatoms. The van der Waals surface area contributed by atoms with Crippen LogP contribution in [0, 0.1) is 6.92 Å². The van der Waals surface area contributed by atoms with E-state index in [1.54, 1.807) is 17.4 Å². The Hall–Kier alpha value is -1.63. The average Bonchev–Trinajstić information content (AvgIpc) is 3.07. The summed E-state index contributed by atoms with van der Waals surface area (Å²) in [5.74, 6) is 5.72. The highest BCUT2D eigenvalue weighted by Gasteiger charge is 2.15. The molecule has 2 rings (SSSR count). The molecule has 0 fully saturated rings. The molecule has 0 aliphatic carbocycles. The van der Waals surface area contributed by atoms with Crippen molar-refractivity contribution in [3.05, 3.63) is 45.5 Å². The van der Waals surface area contributed by atoms with E-state index in [0.29, 0.717) is 0 Å². The minimum Gasteiger partial charge on any atom is -0.456 e. The number of nitrogens with zero attached hydrogens (tertiary/aromatic N) is 1. The van der Waals surface area contributed by atoms with Gasteiger partial charge in [-0.3, -0.25) is 15.1 Å². The number of carbonyl (C=O) groups excluding carboxylic acids is 1. The molecule has 0 aromatic carbocycles. The SMILES string of the molecule is CCN(Cc1cccs1)Cc1cc(C(=O)NN)oc1C. The van der Waals surface area contributed by atoms with Crippen molar-refractivity contribution in [1.29, 1.82) is 0 Å². The fourth-order valence-electron chi connectivity index (χ4n) is 2.00. The van der Waals surface area contributed by atoms with Crippen LogP contribution >= 0.6 is 11.3 Å². The molecule has 0 atom stereocenters. The van der Waals surface area contributed by atoms with Gasteiger partial charge in [-0.2, -0.15) is 0 Å². The summed E-state index contributed by atoms with van der Waals surface area (Å²) in [5, 5.41) is 2.08. The summed E-state index contributed by atoms with van der Waals surface area (Å²) >= 11 is 1.75. The number of amides is 1. The van der Waals surface area contributed by atoms with Crippen molar-refractivity contribution in [3.8, 4) is 0 Å². The fraction of sp³-hybridized carbons (Fsp3) is 0.357. The number of hydrogen-bond acceptors (Lipinski definition) is 5. The molecule has 2 aromatic heterocycles. The molecule has 5 nitrogen and oxygen atoms in total. The third-order valence-electron chi connectivity index (χ3n) is 3.18. The predicted molar refractivity (Wildman–Crippen MR) is 79.2 cm³/mol. The number of hydrogen-bond donors (Lipinski definition) is 2. The first kappa shape index (κ1) is 14.8. The van der Waals surface area contributed by atoms with E-state index in [-0.39, 0.29) is 5.76 Å². The molecule has 2 aromatic rings. The first-order valence-corrected chi connectivity index (χ1v) is 7.37. The smallest absolute Gasteiger partial charge is 0.300 e. The van der Waals surface area contributed by atoms with Crippen LogP contribution in [0.1, 0.15) is 33.7 Å². The van der Waals surface area contributed by atoms with E-state index in [1.807, 2.05) is 6.92 Å². The third kappa shape index (κ3) is 3.47. The lowest BCUT2D eigenvalue weighted by Gasteiger charge is -2.19. The average molecular weight is 293 g/mol. The summed E-state index contributed by atoms with van der Waals surface area (Å²) in [6.45, 7) is 6.57. The largest absolute Gasteiger partial charge is 0.456 e. The molecule has 20 heavy (non-hydrogen) atoms. The van der Waals surface area contributed by atoms with Gasteiger partial charge in [0.1, 0.15) is 5.76 Å². The molecule has 0 bridgehead atoms. The fourth-order valence-corrected chi connectivity index (χ4v) is 2.75. The second-order valence-corrected chi connectivity index (χ2v) is 5.58. The molecular weight excluding hydrogens is 274 g/mol. The second kappa shape index (κ2) is 6.69. The third-order valence-corrected chi connectivity index (χ3v) is 4.04. The Balaban J connectivity index is 2.07. The van der Waals surface area contributed by atoms with Gasteiger partial charge in [-0.15, -0.1) is 11.3 Å². The van der Waals surface area contributed by atoms with Crippen LogP contribution in [0.4, 0.5) is 0 Å². The Labute approximate surface area is 122 Å². The van der Waals surface area contributed by atoms with Crippen LogP contribution < -0.4 is 11.3 Å². The highest BCUT2D eigenvalue weighted by Crippen LogP contribution is 2.19. The standard InChI is InChI=1S/C14H19N3O2S/c1-3-17(9-12-5-4-6-20-12)8-11-7-13(14(18)16-15)19-10(11)2/h4-7H,3,8-9,15H2,1-2H3,(H,16,18). The van der Waals surface area contributed by atoms with E-state index in [4.69, 9.17) is 10.3 Å². The highest BCUT2D eigenvalue weighted by atomic mass is 32.1. The minimum absolute atomic E-state index is 0.257. The lowest BCUT2D eigenvalue weighted by atomic mass is 10.2. The number of nitrogen functional groups attached to an aromatic ring is 1. The van der Waals surface area contributed by atoms with Gasteiger partial charge >= 0.3 is 5.91 Å². The Bertz CT molecular complexity index is 563. The minimum atomic E-state index is -0.402. The zero-order valence-corrected chi connectivity index (χ0v) is 12.5. The maximum atomic E-state index is 11.4. The van der Waals surface area contributed by atoms with Gasteiger partial charge in [0.2, 0.25) is 0 Å². The highest BCUT2D eigenvalue weighted by molar-refractivity contribution is 7.09. The van der Waals surface area contributed by atoms with Crippen LogP contribution in [0.3, 0.4) is 0 Å². The molecule has 0 unspecified atom stereocenters. The van der Waals surface area contributed by atoms with E-state index in [9.17, 15) is 4.79 Å². The lowest BCUT2D eigenvalue weighted by Crippen LogP contribution is -2.29. The van der Waals surface area contributed by atoms with Crippen molar-refractivity contribution >= 4 is 17.2 Å².